The predicted molar refractivity (Wildman–Crippen MR) is 64.0 cm³/mol. The Morgan fingerprint density at radius 3 is 2.63 bits per heavy atom. The van der Waals surface area contributed by atoms with Crippen LogP contribution in [0.1, 0.15) is 10.5 Å². The van der Waals surface area contributed by atoms with Crippen molar-refractivity contribution in [2.24, 2.45) is 0 Å². The Labute approximate surface area is 107 Å². The molecule has 0 saturated carbocycles. The fourth-order valence-corrected chi connectivity index (χ4v) is 1.70. The summed E-state index contributed by atoms with van der Waals surface area (Å²) in [5, 5.41) is 14.9. The molecule has 2 N–H and O–H groups in total. The monoisotopic (exact) mass is 266 g/mol. The number of benzene rings is 1. The molecule has 0 radical (unpaired) electrons. The van der Waals surface area contributed by atoms with Crippen LogP contribution in [0.2, 0.25) is 0 Å². The zero-order valence-corrected chi connectivity index (χ0v) is 10.2. The van der Waals surface area contributed by atoms with E-state index >= 15 is 0 Å². The Hall–Kier alpha value is -2.57. The molecular formula is C12H11FN2O4. The SMILES string of the molecule is COc1ccc(F)c(-c2cc(C(=O)O)[nH]n2)c1OC. The van der Waals surface area contributed by atoms with Gasteiger partial charge in [-0.2, -0.15) is 5.10 Å². The number of rotatable bonds is 4. The number of nitrogens with one attached hydrogen (secondary N) is 1. The second-order valence-corrected chi connectivity index (χ2v) is 3.63. The number of carboxylic acids is 1. The first-order valence-corrected chi connectivity index (χ1v) is 5.28. The molecule has 0 atom stereocenters. The largest absolute Gasteiger partial charge is 0.493 e. The number of nitrogens with zero attached hydrogens (tertiary/aromatic N) is 1. The van der Waals surface area contributed by atoms with Crippen molar-refractivity contribution in [2.45, 2.75) is 0 Å². The third-order valence-electron chi connectivity index (χ3n) is 2.56. The van der Waals surface area contributed by atoms with Crippen molar-refractivity contribution in [3.63, 3.8) is 0 Å². The summed E-state index contributed by atoms with van der Waals surface area (Å²) in [6.45, 7) is 0. The van der Waals surface area contributed by atoms with Crippen LogP contribution in [0.25, 0.3) is 11.3 Å². The van der Waals surface area contributed by atoms with E-state index in [-0.39, 0.29) is 22.7 Å². The summed E-state index contributed by atoms with van der Waals surface area (Å²) in [6.07, 6.45) is 0. The molecule has 2 aromatic rings. The highest BCUT2D eigenvalue weighted by Gasteiger charge is 2.20. The van der Waals surface area contributed by atoms with Gasteiger partial charge in [-0.05, 0) is 18.2 Å². The molecule has 0 aliphatic carbocycles. The minimum absolute atomic E-state index is 0.0469. The molecule has 0 aliphatic heterocycles. The van der Waals surface area contributed by atoms with Gasteiger partial charge in [-0.15, -0.1) is 0 Å². The summed E-state index contributed by atoms with van der Waals surface area (Å²) in [4.78, 5) is 10.8. The molecule has 0 spiro atoms. The standard InChI is InChI=1S/C12H11FN2O4/c1-18-9-4-3-6(13)10(11(9)19-2)7-5-8(12(16)17)15-14-7/h3-5H,1-2H3,(H,14,15)(H,16,17). The quantitative estimate of drug-likeness (QED) is 0.883. The highest BCUT2D eigenvalue weighted by Crippen LogP contribution is 2.39. The van der Waals surface area contributed by atoms with Gasteiger partial charge in [0.1, 0.15) is 11.5 Å². The maximum absolute atomic E-state index is 13.9. The Kier molecular flexibility index (Phi) is 3.37. The highest BCUT2D eigenvalue weighted by molar-refractivity contribution is 5.87. The maximum Gasteiger partial charge on any atom is 0.353 e. The zero-order chi connectivity index (χ0) is 14.0. The number of carboxylic acid groups (broad SMARTS) is 1. The Morgan fingerprint density at radius 1 is 1.37 bits per heavy atom. The lowest BCUT2D eigenvalue weighted by atomic mass is 10.1. The molecule has 19 heavy (non-hydrogen) atoms. The van der Waals surface area contributed by atoms with Gasteiger partial charge in [-0.25, -0.2) is 9.18 Å². The van der Waals surface area contributed by atoms with Crippen LogP contribution >= 0.6 is 0 Å². The fraction of sp³-hybridized carbons (Fsp3) is 0.167. The number of halogens is 1. The lowest BCUT2D eigenvalue weighted by Gasteiger charge is -2.11. The van der Waals surface area contributed by atoms with Crippen LogP contribution in [0.3, 0.4) is 0 Å². The van der Waals surface area contributed by atoms with Crippen LogP contribution < -0.4 is 9.47 Å². The number of aromatic carboxylic acids is 1. The molecule has 6 nitrogen and oxygen atoms in total. The van der Waals surface area contributed by atoms with Crippen LogP contribution in [-0.4, -0.2) is 35.5 Å². The van der Waals surface area contributed by atoms with Gasteiger partial charge in [0.25, 0.3) is 0 Å². The first kappa shape index (κ1) is 12.9. The van der Waals surface area contributed by atoms with Gasteiger partial charge >= 0.3 is 5.97 Å². The number of hydrogen-bond donors (Lipinski definition) is 2. The molecule has 0 amide bonds. The van der Waals surface area contributed by atoms with Gasteiger partial charge < -0.3 is 14.6 Å². The van der Waals surface area contributed by atoms with Crippen molar-refractivity contribution in [1.29, 1.82) is 0 Å². The van der Waals surface area contributed by atoms with E-state index in [0.29, 0.717) is 5.75 Å². The second kappa shape index (κ2) is 4.97. The van der Waals surface area contributed by atoms with Crippen LogP contribution in [0.4, 0.5) is 4.39 Å². The topological polar surface area (TPSA) is 84.4 Å². The number of aromatic amines is 1. The minimum Gasteiger partial charge on any atom is -0.493 e. The second-order valence-electron chi connectivity index (χ2n) is 3.63. The van der Waals surface area contributed by atoms with Gasteiger partial charge in [0.2, 0.25) is 0 Å². The van der Waals surface area contributed by atoms with E-state index in [1.165, 1.54) is 32.4 Å². The van der Waals surface area contributed by atoms with E-state index in [1.54, 1.807) is 0 Å². The normalized spacial score (nSPS) is 10.3. The number of carbonyl (C=O) groups is 1. The zero-order valence-electron chi connectivity index (χ0n) is 10.2. The molecule has 0 saturated heterocycles. The van der Waals surface area contributed by atoms with Crippen LogP contribution in [0, 0.1) is 5.82 Å². The Balaban J connectivity index is 2.62. The summed E-state index contributed by atoms with van der Waals surface area (Å²) in [5.74, 6) is -1.27. The van der Waals surface area contributed by atoms with Gasteiger partial charge in [0, 0.05) is 0 Å². The molecule has 0 aliphatic rings. The van der Waals surface area contributed by atoms with Crippen LogP contribution in [0.5, 0.6) is 11.5 Å². The average molecular weight is 266 g/mol. The van der Waals surface area contributed by atoms with E-state index in [4.69, 9.17) is 14.6 Å². The first-order chi connectivity index (χ1) is 9.08. The summed E-state index contributed by atoms with van der Waals surface area (Å²) >= 11 is 0. The third-order valence-corrected chi connectivity index (χ3v) is 2.56. The van der Waals surface area contributed by atoms with Crippen molar-refractivity contribution < 1.29 is 23.8 Å². The molecule has 100 valence electrons. The van der Waals surface area contributed by atoms with Gasteiger partial charge in [-0.3, -0.25) is 5.10 Å². The summed E-state index contributed by atoms with van der Waals surface area (Å²) in [6, 6.07) is 3.84. The highest BCUT2D eigenvalue weighted by atomic mass is 19.1. The number of H-pyrrole nitrogens is 1. The van der Waals surface area contributed by atoms with Crippen molar-refractivity contribution in [1.82, 2.24) is 10.2 Å². The number of methoxy groups -OCH3 is 2. The average Bonchev–Trinajstić information content (AvgIpc) is 2.87. The van der Waals surface area contributed by atoms with Crippen molar-refractivity contribution in [3.05, 3.63) is 29.7 Å². The summed E-state index contributed by atoms with van der Waals surface area (Å²) < 4.78 is 24.1. The van der Waals surface area contributed by atoms with E-state index < -0.39 is 11.8 Å². The van der Waals surface area contributed by atoms with Crippen molar-refractivity contribution >= 4 is 5.97 Å². The van der Waals surface area contributed by atoms with E-state index in [1.807, 2.05) is 0 Å². The van der Waals surface area contributed by atoms with E-state index in [2.05, 4.69) is 10.2 Å². The third kappa shape index (κ3) is 2.22. The number of aromatic nitrogens is 2. The minimum atomic E-state index is -1.18. The van der Waals surface area contributed by atoms with Gasteiger partial charge in [0.05, 0.1) is 25.5 Å². The lowest BCUT2D eigenvalue weighted by Crippen LogP contribution is -1.96. The Morgan fingerprint density at radius 2 is 2.11 bits per heavy atom. The molecule has 0 fully saturated rings. The molecule has 0 bridgehead atoms. The molecule has 1 heterocycles. The van der Waals surface area contributed by atoms with Crippen LogP contribution in [0.15, 0.2) is 18.2 Å². The summed E-state index contributed by atoms with van der Waals surface area (Å²) in [7, 11) is 2.79. The number of hydrogen-bond acceptors (Lipinski definition) is 4. The van der Waals surface area contributed by atoms with Crippen LogP contribution in [-0.2, 0) is 0 Å². The smallest absolute Gasteiger partial charge is 0.353 e. The lowest BCUT2D eigenvalue weighted by molar-refractivity contribution is 0.0690. The first-order valence-electron chi connectivity index (χ1n) is 5.28. The maximum atomic E-state index is 13.9. The molecule has 1 aromatic carbocycles. The Bertz CT molecular complexity index is 624. The molecule has 0 unspecified atom stereocenters. The number of ether oxygens (including phenoxy) is 2. The van der Waals surface area contributed by atoms with Gasteiger partial charge in [0.15, 0.2) is 11.5 Å². The van der Waals surface area contributed by atoms with E-state index in [9.17, 15) is 9.18 Å². The molecule has 2 rings (SSSR count). The van der Waals surface area contributed by atoms with Gasteiger partial charge in [-0.1, -0.05) is 0 Å². The molecule has 1 aromatic heterocycles. The van der Waals surface area contributed by atoms with Crippen molar-refractivity contribution in [3.8, 4) is 22.8 Å². The summed E-state index contributed by atoms with van der Waals surface area (Å²) in [5.41, 5.74) is 0.0375. The molecule has 7 heteroatoms. The fourth-order valence-electron chi connectivity index (χ4n) is 1.70. The predicted octanol–water partition coefficient (Wildman–Crippen LogP) is 1.93. The molecular weight excluding hydrogens is 255 g/mol. The van der Waals surface area contributed by atoms with Crippen molar-refractivity contribution in [2.75, 3.05) is 14.2 Å². The van der Waals surface area contributed by atoms with E-state index in [0.717, 1.165) is 0 Å².